The predicted octanol–water partition coefficient (Wildman–Crippen LogP) is 3.11. The highest BCUT2D eigenvalue weighted by Gasteiger charge is 2.19. The largest absolute Gasteiger partial charge is 0.454 e. The van der Waals surface area contributed by atoms with Crippen LogP contribution in [0.25, 0.3) is 0 Å². The molecule has 0 fully saturated rings. The highest BCUT2D eigenvalue weighted by molar-refractivity contribution is 5.91. The highest BCUT2D eigenvalue weighted by atomic mass is 16.7. The summed E-state index contributed by atoms with van der Waals surface area (Å²) in [5.41, 5.74) is 3.95. The first-order valence-electron chi connectivity index (χ1n) is 9.59. The molecule has 2 aromatic rings. The average Bonchev–Trinajstić information content (AvgIpc) is 3.37. The van der Waals surface area contributed by atoms with Gasteiger partial charge in [-0.3, -0.25) is 4.79 Å². The number of hydrogen-bond acceptors (Lipinski definition) is 5. The molecule has 1 heterocycles. The molecule has 28 heavy (non-hydrogen) atoms. The Labute approximate surface area is 164 Å². The van der Waals surface area contributed by atoms with Crippen LogP contribution in [0.1, 0.15) is 40.4 Å². The molecule has 0 atom stereocenters. The minimum absolute atomic E-state index is 0.216. The van der Waals surface area contributed by atoms with Crippen molar-refractivity contribution in [3.63, 3.8) is 0 Å². The maximum atomic E-state index is 12.5. The number of aryl methyl sites for hydroxylation is 2. The topological polar surface area (TPSA) is 65.1 Å². The first kappa shape index (κ1) is 18.3. The summed E-state index contributed by atoms with van der Waals surface area (Å²) in [7, 11) is 0. The van der Waals surface area contributed by atoms with Crippen LogP contribution in [0.2, 0.25) is 0 Å². The first-order valence-corrected chi connectivity index (χ1v) is 9.59. The van der Waals surface area contributed by atoms with Gasteiger partial charge in [-0.2, -0.15) is 0 Å². The Morgan fingerprint density at radius 2 is 1.86 bits per heavy atom. The summed E-state index contributed by atoms with van der Waals surface area (Å²) >= 11 is 0. The van der Waals surface area contributed by atoms with Gasteiger partial charge in [0.25, 0.3) is 5.91 Å². The van der Waals surface area contributed by atoms with Gasteiger partial charge in [-0.25, -0.2) is 4.79 Å². The van der Waals surface area contributed by atoms with Gasteiger partial charge >= 0.3 is 5.97 Å². The second kappa shape index (κ2) is 7.92. The molecule has 0 unspecified atom stereocenters. The zero-order valence-electron chi connectivity index (χ0n) is 15.9. The van der Waals surface area contributed by atoms with Crippen LogP contribution in [0.15, 0.2) is 36.4 Å². The summed E-state index contributed by atoms with van der Waals surface area (Å²) < 4.78 is 16.0. The number of amides is 1. The van der Waals surface area contributed by atoms with Gasteiger partial charge in [0.05, 0.1) is 5.56 Å². The molecule has 0 saturated carbocycles. The van der Waals surface area contributed by atoms with Crippen molar-refractivity contribution >= 4 is 11.9 Å². The standard InChI is InChI=1S/C22H23NO5/c1-2-23(12-15-6-9-19-20(10-15)28-14-27-19)21(24)13-26-22(25)18-8-7-16-4-3-5-17(16)11-18/h6-11H,2-5,12-14H2,1H3. The average molecular weight is 381 g/mol. The first-order chi connectivity index (χ1) is 13.6. The summed E-state index contributed by atoms with van der Waals surface area (Å²) in [6, 6.07) is 11.3. The molecule has 0 radical (unpaired) electrons. The van der Waals surface area contributed by atoms with Gasteiger partial charge in [0.1, 0.15) is 0 Å². The second-order valence-corrected chi connectivity index (χ2v) is 7.01. The van der Waals surface area contributed by atoms with E-state index in [9.17, 15) is 9.59 Å². The molecule has 2 aliphatic rings. The molecular weight excluding hydrogens is 358 g/mol. The second-order valence-electron chi connectivity index (χ2n) is 7.01. The molecule has 0 spiro atoms. The summed E-state index contributed by atoms with van der Waals surface area (Å²) in [6.45, 7) is 2.78. The van der Waals surface area contributed by atoms with Crippen LogP contribution in [0.5, 0.6) is 11.5 Å². The van der Waals surface area contributed by atoms with E-state index in [1.807, 2.05) is 37.3 Å². The maximum absolute atomic E-state index is 12.5. The van der Waals surface area contributed by atoms with Crippen LogP contribution >= 0.6 is 0 Å². The van der Waals surface area contributed by atoms with Crippen molar-refractivity contribution in [2.24, 2.45) is 0 Å². The van der Waals surface area contributed by atoms with E-state index in [0.29, 0.717) is 30.2 Å². The van der Waals surface area contributed by atoms with Gasteiger partial charge in [0.2, 0.25) is 6.79 Å². The summed E-state index contributed by atoms with van der Waals surface area (Å²) in [6.07, 6.45) is 3.18. The van der Waals surface area contributed by atoms with Crippen molar-refractivity contribution in [2.45, 2.75) is 32.7 Å². The molecule has 0 saturated heterocycles. The number of esters is 1. The van der Waals surface area contributed by atoms with Crippen molar-refractivity contribution in [1.29, 1.82) is 0 Å². The van der Waals surface area contributed by atoms with Crippen LogP contribution in [0.4, 0.5) is 0 Å². The number of carbonyl (C=O) groups is 2. The zero-order valence-corrected chi connectivity index (χ0v) is 15.9. The minimum Gasteiger partial charge on any atom is -0.454 e. The Kier molecular flexibility index (Phi) is 5.19. The van der Waals surface area contributed by atoms with E-state index in [0.717, 1.165) is 24.8 Å². The fourth-order valence-electron chi connectivity index (χ4n) is 3.64. The minimum atomic E-state index is -0.456. The van der Waals surface area contributed by atoms with Gasteiger partial charge < -0.3 is 19.1 Å². The lowest BCUT2D eigenvalue weighted by Crippen LogP contribution is -2.34. The SMILES string of the molecule is CCN(Cc1ccc2c(c1)OCO2)C(=O)COC(=O)c1ccc2c(c1)CCC2. The van der Waals surface area contributed by atoms with E-state index in [4.69, 9.17) is 14.2 Å². The molecular formula is C22H23NO5. The monoisotopic (exact) mass is 381 g/mol. The number of rotatable bonds is 6. The molecule has 0 bridgehead atoms. The van der Waals surface area contributed by atoms with Crippen molar-refractivity contribution in [1.82, 2.24) is 4.90 Å². The highest BCUT2D eigenvalue weighted by Crippen LogP contribution is 2.32. The van der Waals surface area contributed by atoms with E-state index < -0.39 is 5.97 Å². The van der Waals surface area contributed by atoms with E-state index in [-0.39, 0.29) is 19.3 Å². The smallest absolute Gasteiger partial charge is 0.338 e. The van der Waals surface area contributed by atoms with E-state index >= 15 is 0 Å². The van der Waals surface area contributed by atoms with Crippen LogP contribution in [-0.2, 0) is 28.9 Å². The van der Waals surface area contributed by atoms with Crippen molar-refractivity contribution in [2.75, 3.05) is 19.9 Å². The third-order valence-corrected chi connectivity index (χ3v) is 5.21. The van der Waals surface area contributed by atoms with Crippen molar-refractivity contribution in [3.8, 4) is 11.5 Å². The fourth-order valence-corrected chi connectivity index (χ4v) is 3.64. The lowest BCUT2D eigenvalue weighted by atomic mass is 10.1. The zero-order chi connectivity index (χ0) is 19.5. The molecule has 1 aliphatic heterocycles. The maximum Gasteiger partial charge on any atom is 0.338 e. The summed E-state index contributed by atoms with van der Waals surface area (Å²) in [5.74, 6) is 0.710. The number of fused-ring (bicyclic) bond motifs is 2. The van der Waals surface area contributed by atoms with Gasteiger partial charge in [-0.1, -0.05) is 12.1 Å². The Bertz CT molecular complexity index is 908. The Balaban J connectivity index is 1.34. The Hall–Kier alpha value is -3.02. The number of likely N-dealkylation sites (N-methyl/N-ethyl adjacent to an activating group) is 1. The Morgan fingerprint density at radius 1 is 1.04 bits per heavy atom. The molecule has 6 heteroatoms. The van der Waals surface area contributed by atoms with E-state index in [1.54, 1.807) is 11.0 Å². The van der Waals surface area contributed by atoms with Gasteiger partial charge in [-0.05, 0) is 67.1 Å². The summed E-state index contributed by atoms with van der Waals surface area (Å²) in [5, 5.41) is 0. The molecule has 1 amide bonds. The third kappa shape index (κ3) is 3.81. The van der Waals surface area contributed by atoms with Gasteiger partial charge in [0, 0.05) is 13.1 Å². The molecule has 0 aromatic heterocycles. The Morgan fingerprint density at radius 3 is 2.71 bits per heavy atom. The lowest BCUT2D eigenvalue weighted by molar-refractivity contribution is -0.134. The lowest BCUT2D eigenvalue weighted by Gasteiger charge is -2.21. The molecule has 146 valence electrons. The number of hydrogen-bond donors (Lipinski definition) is 0. The van der Waals surface area contributed by atoms with Crippen molar-refractivity contribution < 1.29 is 23.8 Å². The molecule has 2 aromatic carbocycles. The van der Waals surface area contributed by atoms with E-state index in [2.05, 4.69) is 0 Å². The number of carbonyl (C=O) groups excluding carboxylic acids is 2. The van der Waals surface area contributed by atoms with Gasteiger partial charge in [-0.15, -0.1) is 0 Å². The molecule has 6 nitrogen and oxygen atoms in total. The number of ether oxygens (including phenoxy) is 3. The van der Waals surface area contributed by atoms with Gasteiger partial charge in [0.15, 0.2) is 18.1 Å². The number of benzene rings is 2. The summed E-state index contributed by atoms with van der Waals surface area (Å²) in [4.78, 5) is 26.5. The molecule has 4 rings (SSSR count). The van der Waals surface area contributed by atoms with E-state index in [1.165, 1.54) is 11.1 Å². The van der Waals surface area contributed by atoms with Crippen LogP contribution in [-0.4, -0.2) is 36.7 Å². The van der Waals surface area contributed by atoms with Crippen LogP contribution < -0.4 is 9.47 Å². The fraction of sp³-hybridized carbons (Fsp3) is 0.364. The van der Waals surface area contributed by atoms with Crippen LogP contribution in [0.3, 0.4) is 0 Å². The third-order valence-electron chi connectivity index (χ3n) is 5.21. The van der Waals surface area contributed by atoms with Crippen molar-refractivity contribution in [3.05, 3.63) is 58.7 Å². The molecule has 1 aliphatic carbocycles. The van der Waals surface area contributed by atoms with Crippen LogP contribution in [0, 0.1) is 0 Å². The predicted molar refractivity (Wildman–Crippen MR) is 102 cm³/mol. The quantitative estimate of drug-likeness (QED) is 0.720. The normalized spacial score (nSPS) is 13.9. The molecule has 0 N–H and O–H groups in total. The number of nitrogens with zero attached hydrogens (tertiary/aromatic N) is 1.